The molecular formula is C26H29ClFN5O2S. The van der Waals surface area contributed by atoms with E-state index >= 15 is 0 Å². The van der Waals surface area contributed by atoms with E-state index in [1.165, 1.54) is 13.8 Å². The van der Waals surface area contributed by atoms with E-state index in [-0.39, 0.29) is 0 Å². The molecule has 1 atom stereocenters. The van der Waals surface area contributed by atoms with Gasteiger partial charge in [0.15, 0.2) is 0 Å². The lowest BCUT2D eigenvalue weighted by Crippen LogP contribution is -2.32. The Morgan fingerprint density at radius 3 is 2.19 bits per heavy atom. The molecule has 2 aromatic carbocycles. The van der Waals surface area contributed by atoms with Gasteiger partial charge in [0.2, 0.25) is 5.91 Å². The third kappa shape index (κ3) is 7.53. The maximum absolute atomic E-state index is 13.0. The molecule has 0 aliphatic heterocycles. The second-order valence-corrected chi connectivity index (χ2v) is 10.5. The van der Waals surface area contributed by atoms with Crippen molar-refractivity contribution in [3.63, 3.8) is 0 Å². The van der Waals surface area contributed by atoms with Gasteiger partial charge in [0.1, 0.15) is 22.8 Å². The van der Waals surface area contributed by atoms with E-state index in [9.17, 15) is 13.4 Å². The Kier molecular flexibility index (Phi) is 9.06. The van der Waals surface area contributed by atoms with E-state index in [0.717, 1.165) is 11.3 Å². The Morgan fingerprint density at radius 2 is 1.61 bits per heavy atom. The molecule has 7 nitrogen and oxygen atoms in total. The van der Waals surface area contributed by atoms with Gasteiger partial charge in [-0.25, -0.2) is 13.6 Å². The summed E-state index contributed by atoms with van der Waals surface area (Å²) in [5.41, 5.74) is 1.85. The van der Waals surface area contributed by atoms with Gasteiger partial charge in [-0.05, 0) is 74.0 Å². The SMILES string of the molecule is C=C(Nc1ccc(S(=O)Nc2ccc(NC(=O)C(C)(C)CF)cc2)cc1)N(C)Cc1ccc(Cl)nc1. The van der Waals surface area contributed by atoms with Crippen LogP contribution in [0, 0.1) is 5.41 Å². The van der Waals surface area contributed by atoms with Gasteiger partial charge in [0.25, 0.3) is 0 Å². The Bertz CT molecular complexity index is 1220. The number of pyridine rings is 1. The van der Waals surface area contributed by atoms with Crippen molar-refractivity contribution in [2.45, 2.75) is 25.3 Å². The molecule has 1 unspecified atom stereocenters. The lowest BCUT2D eigenvalue weighted by atomic mass is 9.94. The zero-order valence-electron chi connectivity index (χ0n) is 20.3. The molecule has 0 bridgehead atoms. The van der Waals surface area contributed by atoms with E-state index < -0.39 is 29.0 Å². The van der Waals surface area contributed by atoms with Crippen molar-refractivity contribution in [3.8, 4) is 0 Å². The zero-order valence-corrected chi connectivity index (χ0v) is 21.9. The summed E-state index contributed by atoms with van der Waals surface area (Å²) in [6, 6.07) is 17.5. The van der Waals surface area contributed by atoms with Crippen molar-refractivity contribution in [3.05, 3.63) is 90.0 Å². The normalized spacial score (nSPS) is 11.9. The molecule has 0 fully saturated rings. The molecule has 0 aliphatic rings. The Morgan fingerprint density at radius 1 is 1.03 bits per heavy atom. The minimum Gasteiger partial charge on any atom is -0.357 e. The standard InChI is InChI=1S/C26H29ClFN5O2S/c1-18(33(4)16-19-5-14-24(27)29-15-19)30-20-10-12-23(13-11-20)36(35)32-22-8-6-21(7-9-22)31-25(34)26(2,3)17-28/h5-15,30,32H,1,16-17H2,2-4H3,(H,31,34). The number of rotatable bonds is 11. The minimum atomic E-state index is -1.49. The van der Waals surface area contributed by atoms with Crippen molar-refractivity contribution in [2.24, 2.45) is 5.41 Å². The first-order chi connectivity index (χ1) is 17.1. The Balaban J connectivity index is 1.53. The molecule has 1 heterocycles. The number of nitrogens with one attached hydrogen (secondary N) is 3. The van der Waals surface area contributed by atoms with E-state index in [2.05, 4.69) is 26.9 Å². The van der Waals surface area contributed by atoms with Crippen LogP contribution in [0.25, 0.3) is 0 Å². The molecule has 0 aliphatic carbocycles. The number of hydrogen-bond donors (Lipinski definition) is 3. The van der Waals surface area contributed by atoms with E-state index in [1.54, 1.807) is 48.7 Å². The molecule has 3 rings (SSSR count). The molecule has 1 aromatic heterocycles. The molecule has 3 N–H and O–H groups in total. The number of carbonyl (C=O) groups excluding carboxylic acids is 1. The fourth-order valence-electron chi connectivity index (χ4n) is 2.94. The molecule has 10 heteroatoms. The van der Waals surface area contributed by atoms with Crippen molar-refractivity contribution < 1.29 is 13.4 Å². The van der Waals surface area contributed by atoms with Crippen LogP contribution in [0.5, 0.6) is 0 Å². The van der Waals surface area contributed by atoms with Crippen LogP contribution in [0.15, 0.2) is 84.2 Å². The quantitative estimate of drug-likeness (QED) is 0.272. The summed E-state index contributed by atoms with van der Waals surface area (Å²) >= 11 is 5.83. The first-order valence-corrected chi connectivity index (χ1v) is 12.6. The van der Waals surface area contributed by atoms with Crippen LogP contribution in [0.2, 0.25) is 5.15 Å². The van der Waals surface area contributed by atoms with Crippen molar-refractivity contribution in [1.29, 1.82) is 0 Å². The molecule has 0 spiro atoms. The van der Waals surface area contributed by atoms with Crippen LogP contribution in [-0.2, 0) is 22.3 Å². The number of carbonyl (C=O) groups is 1. The third-order valence-electron chi connectivity index (χ3n) is 5.33. The minimum absolute atomic E-state index is 0.404. The number of aromatic nitrogens is 1. The fourth-order valence-corrected chi connectivity index (χ4v) is 3.90. The number of hydrogen-bond acceptors (Lipinski definition) is 5. The summed E-state index contributed by atoms with van der Waals surface area (Å²) in [4.78, 5) is 18.7. The van der Waals surface area contributed by atoms with Gasteiger partial charge in [-0.1, -0.05) is 24.2 Å². The molecule has 0 saturated carbocycles. The molecule has 0 saturated heterocycles. The highest BCUT2D eigenvalue weighted by Crippen LogP contribution is 2.22. The highest BCUT2D eigenvalue weighted by Gasteiger charge is 2.27. The first kappa shape index (κ1) is 27.2. The van der Waals surface area contributed by atoms with Gasteiger partial charge in [0, 0.05) is 36.9 Å². The van der Waals surface area contributed by atoms with Gasteiger partial charge >= 0.3 is 0 Å². The second kappa shape index (κ2) is 12.0. The van der Waals surface area contributed by atoms with E-state index in [0.29, 0.717) is 33.8 Å². The fraction of sp³-hybridized carbons (Fsp3) is 0.231. The number of alkyl halides is 1. The monoisotopic (exact) mass is 529 g/mol. The predicted octanol–water partition coefficient (Wildman–Crippen LogP) is 5.82. The number of nitrogens with zero attached hydrogens (tertiary/aromatic N) is 2. The number of anilines is 3. The zero-order chi connectivity index (χ0) is 26.3. The maximum atomic E-state index is 13.0. The van der Waals surface area contributed by atoms with Gasteiger partial charge in [-0.2, -0.15) is 0 Å². The van der Waals surface area contributed by atoms with E-state index in [4.69, 9.17) is 11.6 Å². The van der Waals surface area contributed by atoms with Gasteiger partial charge in [0.05, 0.1) is 16.1 Å². The van der Waals surface area contributed by atoms with Gasteiger partial charge in [-0.3, -0.25) is 4.79 Å². The van der Waals surface area contributed by atoms with Crippen molar-refractivity contribution in [2.75, 3.05) is 29.1 Å². The summed E-state index contributed by atoms with van der Waals surface area (Å²) in [6.07, 6.45) is 1.72. The second-order valence-electron chi connectivity index (χ2n) is 8.86. The lowest BCUT2D eigenvalue weighted by Gasteiger charge is -2.23. The summed E-state index contributed by atoms with van der Waals surface area (Å²) in [7, 11) is 0.422. The number of halogens is 2. The summed E-state index contributed by atoms with van der Waals surface area (Å²) in [5.74, 6) is 0.290. The molecule has 0 radical (unpaired) electrons. The van der Waals surface area contributed by atoms with Crippen LogP contribution < -0.4 is 15.4 Å². The lowest BCUT2D eigenvalue weighted by molar-refractivity contribution is -0.124. The summed E-state index contributed by atoms with van der Waals surface area (Å²) in [5, 5.41) is 6.36. The van der Waals surface area contributed by atoms with Crippen molar-refractivity contribution >= 4 is 45.6 Å². The van der Waals surface area contributed by atoms with Crippen LogP contribution in [0.1, 0.15) is 19.4 Å². The third-order valence-corrected chi connectivity index (χ3v) is 6.67. The van der Waals surface area contributed by atoms with E-state index in [1.807, 2.05) is 30.1 Å². The molecule has 190 valence electrons. The van der Waals surface area contributed by atoms with Crippen molar-refractivity contribution in [1.82, 2.24) is 9.88 Å². The topological polar surface area (TPSA) is 86.4 Å². The van der Waals surface area contributed by atoms with Crippen LogP contribution in [-0.4, -0.2) is 33.7 Å². The highest BCUT2D eigenvalue weighted by atomic mass is 35.5. The Hall–Kier alpha value is -3.43. The number of amides is 1. The largest absolute Gasteiger partial charge is 0.357 e. The molecule has 3 aromatic rings. The Labute approximate surface area is 218 Å². The first-order valence-electron chi connectivity index (χ1n) is 11.1. The maximum Gasteiger partial charge on any atom is 0.232 e. The summed E-state index contributed by atoms with van der Waals surface area (Å²) in [6.45, 7) is 7.00. The van der Waals surface area contributed by atoms with Gasteiger partial charge in [-0.15, -0.1) is 0 Å². The highest BCUT2D eigenvalue weighted by molar-refractivity contribution is 7.86. The predicted molar refractivity (Wildman–Crippen MR) is 145 cm³/mol. The average Bonchev–Trinajstić information content (AvgIpc) is 2.86. The summed E-state index contributed by atoms with van der Waals surface area (Å²) < 4.78 is 28.7. The molecule has 36 heavy (non-hydrogen) atoms. The average molecular weight is 530 g/mol. The van der Waals surface area contributed by atoms with Crippen LogP contribution in [0.3, 0.4) is 0 Å². The van der Waals surface area contributed by atoms with Crippen LogP contribution in [0.4, 0.5) is 21.5 Å². The smallest absolute Gasteiger partial charge is 0.232 e. The molecular weight excluding hydrogens is 501 g/mol. The van der Waals surface area contributed by atoms with Crippen LogP contribution >= 0.6 is 11.6 Å². The van der Waals surface area contributed by atoms with Gasteiger partial charge < -0.3 is 20.3 Å². The number of benzene rings is 2. The molecule has 1 amide bonds.